The fraction of sp³-hybridized carbons (Fsp3) is 0.308. The van der Waals surface area contributed by atoms with Gasteiger partial charge in [-0.1, -0.05) is 17.3 Å². The van der Waals surface area contributed by atoms with E-state index in [0.29, 0.717) is 65.4 Å². The summed E-state index contributed by atoms with van der Waals surface area (Å²) >= 11 is 0. The molecular formula is C26H28N8O4. The van der Waals surface area contributed by atoms with Gasteiger partial charge in [-0.3, -0.25) is 14.3 Å². The molecule has 0 aliphatic heterocycles. The van der Waals surface area contributed by atoms with E-state index in [1.807, 2.05) is 31.2 Å². The third-order valence-corrected chi connectivity index (χ3v) is 5.98. The van der Waals surface area contributed by atoms with Crippen molar-refractivity contribution < 1.29 is 19.2 Å². The van der Waals surface area contributed by atoms with Gasteiger partial charge in [0.1, 0.15) is 17.9 Å². The molecule has 3 N–H and O–H groups in total. The first kappa shape index (κ1) is 25.2. The molecule has 0 aliphatic carbocycles. The topological polar surface area (TPSA) is 156 Å². The molecule has 12 nitrogen and oxygen atoms in total. The zero-order valence-corrected chi connectivity index (χ0v) is 21.5. The highest BCUT2D eigenvalue weighted by Crippen LogP contribution is 2.25. The molecule has 196 valence electrons. The number of pyridine rings is 1. The van der Waals surface area contributed by atoms with Crippen molar-refractivity contribution in [1.82, 2.24) is 34.7 Å². The number of aromatic amines is 1. The van der Waals surface area contributed by atoms with Gasteiger partial charge >= 0.3 is 0 Å². The first-order valence-corrected chi connectivity index (χ1v) is 12.1. The van der Waals surface area contributed by atoms with E-state index in [9.17, 15) is 9.90 Å². The van der Waals surface area contributed by atoms with E-state index in [2.05, 4.69) is 35.6 Å². The SMILES string of the molecule is COCc1n[nH]c(-c2ccc3ncc(C(=O)Nc4cc(-c5noc(CCC(C)(C)O)n5)ccc4C)n3c2)n1. The fourth-order valence-corrected chi connectivity index (χ4v) is 3.88. The number of hydrogen-bond donors (Lipinski definition) is 3. The third kappa shape index (κ3) is 5.45. The van der Waals surface area contributed by atoms with E-state index < -0.39 is 5.60 Å². The number of fused-ring (bicyclic) bond motifs is 1. The molecule has 12 heteroatoms. The van der Waals surface area contributed by atoms with Crippen molar-refractivity contribution in [3.63, 3.8) is 0 Å². The van der Waals surface area contributed by atoms with Crippen molar-refractivity contribution in [3.05, 3.63) is 65.7 Å². The van der Waals surface area contributed by atoms with Crippen molar-refractivity contribution >= 4 is 17.2 Å². The number of aromatic nitrogens is 7. The Morgan fingerprint density at radius 2 is 2.03 bits per heavy atom. The Hall–Kier alpha value is -4.42. The minimum Gasteiger partial charge on any atom is -0.390 e. The summed E-state index contributed by atoms with van der Waals surface area (Å²) in [6.45, 7) is 5.66. The Morgan fingerprint density at radius 3 is 2.82 bits per heavy atom. The molecule has 0 unspecified atom stereocenters. The van der Waals surface area contributed by atoms with E-state index >= 15 is 0 Å². The standard InChI is InChI=1S/C26H28N8O4/c1-15-5-6-16(24-30-22(38-33-24)9-10-26(2,3)36)11-18(15)28-25(35)19-12-27-21-8-7-17(13-34(19)21)23-29-20(14-37-4)31-32-23/h5-8,11-13,36H,9-10,14H2,1-4H3,(H,28,35)(H,29,31,32). The summed E-state index contributed by atoms with van der Waals surface area (Å²) in [6.07, 6.45) is 4.27. The number of anilines is 1. The van der Waals surface area contributed by atoms with Gasteiger partial charge in [0.05, 0.1) is 11.8 Å². The average molecular weight is 517 g/mol. The molecule has 1 aromatic carbocycles. The van der Waals surface area contributed by atoms with E-state index in [-0.39, 0.29) is 5.91 Å². The lowest BCUT2D eigenvalue weighted by Crippen LogP contribution is -2.19. The lowest BCUT2D eigenvalue weighted by molar-refractivity contribution is 0.0689. The van der Waals surface area contributed by atoms with E-state index in [1.54, 1.807) is 37.6 Å². The second-order valence-electron chi connectivity index (χ2n) is 9.63. The van der Waals surface area contributed by atoms with Crippen LogP contribution in [-0.4, -0.2) is 58.4 Å². The molecule has 0 spiro atoms. The van der Waals surface area contributed by atoms with Crippen molar-refractivity contribution in [3.8, 4) is 22.8 Å². The molecular weight excluding hydrogens is 488 g/mol. The van der Waals surface area contributed by atoms with Crippen LogP contribution in [-0.2, 0) is 17.8 Å². The maximum Gasteiger partial charge on any atom is 0.274 e. The van der Waals surface area contributed by atoms with Crippen LogP contribution in [0.25, 0.3) is 28.4 Å². The molecule has 0 aliphatic rings. The van der Waals surface area contributed by atoms with Gasteiger partial charge in [0.25, 0.3) is 5.91 Å². The number of methoxy groups -OCH3 is 1. The van der Waals surface area contributed by atoms with Crippen LogP contribution in [0.1, 0.15) is 48.0 Å². The molecule has 0 saturated heterocycles. The van der Waals surface area contributed by atoms with Crippen molar-refractivity contribution in [2.45, 2.75) is 45.8 Å². The van der Waals surface area contributed by atoms with Crippen molar-refractivity contribution in [1.29, 1.82) is 0 Å². The quantitative estimate of drug-likeness (QED) is 0.266. The summed E-state index contributed by atoms with van der Waals surface area (Å²) in [7, 11) is 1.58. The monoisotopic (exact) mass is 516 g/mol. The fourth-order valence-electron chi connectivity index (χ4n) is 3.88. The zero-order chi connectivity index (χ0) is 26.9. The smallest absolute Gasteiger partial charge is 0.274 e. The first-order valence-electron chi connectivity index (χ1n) is 12.1. The number of nitrogens with one attached hydrogen (secondary N) is 2. The summed E-state index contributed by atoms with van der Waals surface area (Å²) in [6, 6.07) is 9.22. The molecule has 5 aromatic rings. The van der Waals surface area contributed by atoms with Crippen LogP contribution in [0.2, 0.25) is 0 Å². The number of aliphatic hydroxyl groups is 1. The Balaban J connectivity index is 1.37. The predicted octanol–water partition coefficient (Wildman–Crippen LogP) is 3.58. The van der Waals surface area contributed by atoms with Crippen molar-refractivity contribution in [2.24, 2.45) is 0 Å². The van der Waals surface area contributed by atoms with Crippen LogP contribution in [0.5, 0.6) is 0 Å². The van der Waals surface area contributed by atoms with Crippen LogP contribution in [0, 0.1) is 6.92 Å². The number of imidazole rings is 1. The van der Waals surface area contributed by atoms with Crippen LogP contribution < -0.4 is 5.32 Å². The molecule has 1 amide bonds. The molecule has 5 rings (SSSR count). The third-order valence-electron chi connectivity index (χ3n) is 5.98. The molecule has 4 heterocycles. The number of hydrogen-bond acceptors (Lipinski definition) is 9. The minimum absolute atomic E-state index is 0.294. The van der Waals surface area contributed by atoms with Gasteiger partial charge in [0, 0.05) is 36.5 Å². The summed E-state index contributed by atoms with van der Waals surface area (Å²) < 4.78 is 12.1. The highest BCUT2D eigenvalue weighted by molar-refractivity contribution is 6.04. The molecule has 0 saturated carbocycles. The maximum atomic E-state index is 13.3. The lowest BCUT2D eigenvalue weighted by atomic mass is 10.0. The van der Waals surface area contributed by atoms with Crippen LogP contribution >= 0.6 is 0 Å². The number of carbonyl (C=O) groups is 1. The number of amides is 1. The molecule has 0 atom stereocenters. The normalized spacial score (nSPS) is 11.8. The second kappa shape index (κ2) is 10.1. The Labute approximate surface area is 218 Å². The van der Waals surface area contributed by atoms with Gasteiger partial charge in [-0.05, 0) is 51.0 Å². The molecule has 38 heavy (non-hydrogen) atoms. The minimum atomic E-state index is -0.823. The number of rotatable bonds is 9. The van der Waals surface area contributed by atoms with E-state index in [1.165, 1.54) is 6.20 Å². The van der Waals surface area contributed by atoms with Gasteiger partial charge in [-0.25, -0.2) is 9.97 Å². The number of H-pyrrole nitrogens is 1. The summed E-state index contributed by atoms with van der Waals surface area (Å²) in [5, 5.41) is 24.0. The number of carbonyl (C=O) groups excluding carboxylic acids is 1. The van der Waals surface area contributed by atoms with Gasteiger partial charge < -0.3 is 19.7 Å². The highest BCUT2D eigenvalue weighted by atomic mass is 16.5. The summed E-state index contributed by atoms with van der Waals surface area (Å²) in [4.78, 5) is 26.5. The molecule has 0 bridgehead atoms. The Kier molecular flexibility index (Phi) is 6.74. The van der Waals surface area contributed by atoms with Crippen LogP contribution in [0.3, 0.4) is 0 Å². The lowest BCUT2D eigenvalue weighted by Gasteiger charge is -2.14. The predicted molar refractivity (Wildman–Crippen MR) is 138 cm³/mol. The number of nitrogens with zero attached hydrogens (tertiary/aromatic N) is 6. The number of ether oxygens (including phenoxy) is 1. The number of benzene rings is 1. The maximum absolute atomic E-state index is 13.3. The van der Waals surface area contributed by atoms with E-state index in [0.717, 1.165) is 11.1 Å². The van der Waals surface area contributed by atoms with Gasteiger partial charge in [0.15, 0.2) is 11.6 Å². The van der Waals surface area contributed by atoms with Crippen LogP contribution in [0.4, 0.5) is 5.69 Å². The summed E-state index contributed by atoms with van der Waals surface area (Å²) in [5.74, 6) is 1.62. The molecule has 4 aromatic heterocycles. The van der Waals surface area contributed by atoms with Gasteiger partial charge in [0.2, 0.25) is 11.7 Å². The second-order valence-corrected chi connectivity index (χ2v) is 9.63. The van der Waals surface area contributed by atoms with Gasteiger partial charge in [-0.2, -0.15) is 10.1 Å². The Bertz CT molecular complexity index is 1590. The van der Waals surface area contributed by atoms with Gasteiger partial charge in [-0.15, -0.1) is 0 Å². The molecule has 0 fully saturated rings. The zero-order valence-electron chi connectivity index (χ0n) is 21.5. The van der Waals surface area contributed by atoms with Crippen molar-refractivity contribution in [2.75, 3.05) is 12.4 Å². The van der Waals surface area contributed by atoms with E-state index in [4.69, 9.17) is 9.26 Å². The Morgan fingerprint density at radius 1 is 1.21 bits per heavy atom. The highest BCUT2D eigenvalue weighted by Gasteiger charge is 2.18. The average Bonchev–Trinajstić information content (AvgIpc) is 3.63. The first-order chi connectivity index (χ1) is 18.2. The largest absolute Gasteiger partial charge is 0.390 e. The molecule has 0 radical (unpaired) electrons. The van der Waals surface area contributed by atoms with Crippen LogP contribution in [0.15, 0.2) is 47.2 Å². The number of aryl methyl sites for hydroxylation is 2. The summed E-state index contributed by atoms with van der Waals surface area (Å²) in [5.41, 5.74) is 3.08.